The minimum Gasteiger partial charge on any atom is -0.488 e. The first-order chi connectivity index (χ1) is 16.7. The summed E-state index contributed by atoms with van der Waals surface area (Å²) in [6.07, 6.45) is 0. The van der Waals surface area contributed by atoms with Gasteiger partial charge in [0.1, 0.15) is 18.2 Å². The number of methoxy groups -OCH3 is 2. The molecule has 7 heteroatoms. The minimum absolute atomic E-state index is 0.128. The van der Waals surface area contributed by atoms with Gasteiger partial charge in [0, 0.05) is 17.2 Å². The number of rotatable bonds is 8. The van der Waals surface area contributed by atoms with Crippen molar-refractivity contribution in [1.29, 1.82) is 0 Å². The summed E-state index contributed by atoms with van der Waals surface area (Å²) in [6, 6.07) is 13.4. The van der Waals surface area contributed by atoms with Gasteiger partial charge in [-0.05, 0) is 29.5 Å². The first-order valence-electron chi connectivity index (χ1n) is 11.4. The van der Waals surface area contributed by atoms with Crippen molar-refractivity contribution in [2.75, 3.05) is 14.2 Å². The molecule has 0 atom stereocenters. The van der Waals surface area contributed by atoms with Crippen molar-refractivity contribution in [3.8, 4) is 16.9 Å². The maximum atomic E-state index is 14.4. The number of pyridine rings is 1. The van der Waals surface area contributed by atoms with Gasteiger partial charge in [0.25, 0.3) is 0 Å². The maximum Gasteiger partial charge on any atom is 0.340 e. The Balaban J connectivity index is 2.39. The third kappa shape index (κ3) is 5.50. The molecule has 0 saturated carbocycles. The summed E-state index contributed by atoms with van der Waals surface area (Å²) in [7, 11) is 2.53. The van der Waals surface area contributed by atoms with Crippen LogP contribution in [0.3, 0.4) is 0 Å². The van der Waals surface area contributed by atoms with Crippen LogP contribution in [0, 0.1) is 5.82 Å². The van der Waals surface area contributed by atoms with Crippen LogP contribution in [0.1, 0.15) is 77.2 Å². The van der Waals surface area contributed by atoms with Crippen LogP contribution < -0.4 is 4.74 Å². The first kappa shape index (κ1) is 25.9. The minimum atomic E-state index is -0.657. The van der Waals surface area contributed by atoms with Crippen LogP contribution in [-0.2, 0) is 16.1 Å². The Labute approximate surface area is 205 Å². The van der Waals surface area contributed by atoms with Crippen molar-refractivity contribution in [2.24, 2.45) is 0 Å². The highest BCUT2D eigenvalue weighted by Gasteiger charge is 2.33. The quantitative estimate of drug-likeness (QED) is 0.354. The number of carbonyl (C=O) groups excluding carboxylic acids is 2. The number of halogens is 1. The summed E-state index contributed by atoms with van der Waals surface area (Å²) in [4.78, 5) is 30.9. The van der Waals surface area contributed by atoms with Gasteiger partial charge in [-0.1, -0.05) is 58.0 Å². The third-order valence-electron chi connectivity index (χ3n) is 5.58. The summed E-state index contributed by atoms with van der Waals surface area (Å²) in [5.41, 5.74) is 2.71. The second-order valence-electron chi connectivity index (χ2n) is 8.71. The van der Waals surface area contributed by atoms with Crippen LogP contribution in [0.5, 0.6) is 5.75 Å². The van der Waals surface area contributed by atoms with Crippen molar-refractivity contribution in [3.05, 3.63) is 82.4 Å². The van der Waals surface area contributed by atoms with Crippen LogP contribution in [0.15, 0.2) is 48.5 Å². The van der Waals surface area contributed by atoms with E-state index < -0.39 is 17.8 Å². The molecule has 184 valence electrons. The van der Waals surface area contributed by atoms with Gasteiger partial charge in [0.05, 0.1) is 36.7 Å². The third-order valence-corrected chi connectivity index (χ3v) is 5.58. The standard InChI is InChI=1S/C28H30FNO5/c1-16(2)25-23(27(31)33-5)22(24(28(32)34-6)26(30-25)17(3)4)20-13-12-19(29)14-21(20)35-15-18-10-8-7-9-11-18/h7-14,16-17H,15H2,1-6H3. The second kappa shape index (κ2) is 11.1. The second-order valence-corrected chi connectivity index (χ2v) is 8.71. The Morgan fingerprint density at radius 2 is 1.40 bits per heavy atom. The molecule has 0 amide bonds. The van der Waals surface area contributed by atoms with Crippen LogP contribution in [0.25, 0.3) is 11.1 Å². The molecule has 3 aromatic rings. The summed E-state index contributed by atoms with van der Waals surface area (Å²) in [6.45, 7) is 7.77. The molecule has 0 unspecified atom stereocenters. The Morgan fingerprint density at radius 3 is 1.89 bits per heavy atom. The van der Waals surface area contributed by atoms with E-state index in [1.807, 2.05) is 58.0 Å². The van der Waals surface area contributed by atoms with Gasteiger partial charge in [-0.25, -0.2) is 14.0 Å². The molecule has 35 heavy (non-hydrogen) atoms. The lowest BCUT2D eigenvalue weighted by Gasteiger charge is -2.23. The molecule has 0 aliphatic carbocycles. The van der Waals surface area contributed by atoms with Crippen LogP contribution in [0.2, 0.25) is 0 Å². The zero-order valence-electron chi connectivity index (χ0n) is 20.8. The van der Waals surface area contributed by atoms with E-state index in [1.54, 1.807) is 0 Å². The van der Waals surface area contributed by atoms with E-state index in [9.17, 15) is 14.0 Å². The molecule has 3 rings (SSSR count). The topological polar surface area (TPSA) is 74.7 Å². The molecule has 2 aromatic carbocycles. The molecule has 0 aliphatic rings. The molecule has 0 bridgehead atoms. The average Bonchev–Trinajstić information content (AvgIpc) is 2.85. The number of hydrogen-bond acceptors (Lipinski definition) is 6. The van der Waals surface area contributed by atoms with E-state index in [2.05, 4.69) is 0 Å². The number of carbonyl (C=O) groups is 2. The van der Waals surface area contributed by atoms with E-state index in [4.69, 9.17) is 19.2 Å². The van der Waals surface area contributed by atoms with Crippen molar-refractivity contribution >= 4 is 11.9 Å². The summed E-state index contributed by atoms with van der Waals surface area (Å²) >= 11 is 0. The number of hydrogen-bond donors (Lipinski definition) is 0. The first-order valence-corrected chi connectivity index (χ1v) is 11.4. The van der Waals surface area contributed by atoms with Crippen LogP contribution >= 0.6 is 0 Å². The molecular formula is C28H30FNO5. The molecular weight excluding hydrogens is 449 g/mol. The number of ether oxygens (including phenoxy) is 3. The molecule has 6 nitrogen and oxygen atoms in total. The lowest BCUT2D eigenvalue weighted by Crippen LogP contribution is -2.20. The van der Waals surface area contributed by atoms with E-state index >= 15 is 0 Å². The Hall–Kier alpha value is -3.74. The molecule has 0 aliphatic heterocycles. The zero-order valence-corrected chi connectivity index (χ0v) is 20.8. The molecule has 0 radical (unpaired) electrons. The van der Waals surface area contributed by atoms with Gasteiger partial charge >= 0.3 is 11.9 Å². The lowest BCUT2D eigenvalue weighted by atomic mass is 9.86. The predicted octanol–water partition coefficient (Wildman–Crippen LogP) is 6.29. The van der Waals surface area contributed by atoms with Gasteiger partial charge in [0.2, 0.25) is 0 Å². The Morgan fingerprint density at radius 1 is 0.857 bits per heavy atom. The average molecular weight is 480 g/mol. The van der Waals surface area contributed by atoms with E-state index in [-0.39, 0.29) is 40.9 Å². The smallest absolute Gasteiger partial charge is 0.340 e. The van der Waals surface area contributed by atoms with E-state index in [0.29, 0.717) is 17.0 Å². The number of aromatic nitrogens is 1. The number of benzene rings is 2. The van der Waals surface area contributed by atoms with Crippen molar-refractivity contribution in [2.45, 2.75) is 46.1 Å². The van der Waals surface area contributed by atoms with E-state index in [1.165, 1.54) is 32.4 Å². The number of nitrogens with zero attached hydrogens (tertiary/aromatic N) is 1. The van der Waals surface area contributed by atoms with Gasteiger partial charge in [-0.2, -0.15) is 0 Å². The molecule has 0 fully saturated rings. The van der Waals surface area contributed by atoms with Gasteiger partial charge < -0.3 is 14.2 Å². The maximum absolute atomic E-state index is 14.4. The van der Waals surface area contributed by atoms with Gasteiger partial charge in [-0.3, -0.25) is 4.98 Å². The van der Waals surface area contributed by atoms with Gasteiger partial charge in [-0.15, -0.1) is 0 Å². The fourth-order valence-corrected chi connectivity index (χ4v) is 3.90. The van der Waals surface area contributed by atoms with Crippen LogP contribution in [0.4, 0.5) is 4.39 Å². The zero-order chi connectivity index (χ0) is 25.7. The Kier molecular flexibility index (Phi) is 8.22. The fraction of sp³-hybridized carbons (Fsp3) is 0.321. The lowest BCUT2D eigenvalue weighted by molar-refractivity contribution is 0.0597. The summed E-state index contributed by atoms with van der Waals surface area (Å²) in [5.74, 6) is -1.98. The summed E-state index contributed by atoms with van der Waals surface area (Å²) in [5, 5.41) is 0. The highest BCUT2D eigenvalue weighted by molar-refractivity contribution is 6.08. The number of esters is 2. The van der Waals surface area contributed by atoms with Gasteiger partial charge in [0.15, 0.2) is 0 Å². The Bertz CT molecular complexity index is 1180. The predicted molar refractivity (Wildman–Crippen MR) is 131 cm³/mol. The fourth-order valence-electron chi connectivity index (χ4n) is 3.90. The summed E-state index contributed by atoms with van der Waals surface area (Å²) < 4.78 is 30.6. The van der Waals surface area contributed by atoms with Crippen molar-refractivity contribution in [3.63, 3.8) is 0 Å². The molecule has 0 spiro atoms. The SMILES string of the molecule is COC(=O)c1c(C(C)C)nc(C(C)C)c(C(=O)OC)c1-c1ccc(F)cc1OCc1ccccc1. The van der Waals surface area contributed by atoms with Crippen molar-refractivity contribution < 1.29 is 28.2 Å². The molecule has 0 saturated heterocycles. The molecule has 1 aromatic heterocycles. The highest BCUT2D eigenvalue weighted by Crippen LogP contribution is 2.41. The monoisotopic (exact) mass is 479 g/mol. The largest absolute Gasteiger partial charge is 0.488 e. The highest BCUT2D eigenvalue weighted by atomic mass is 19.1. The van der Waals surface area contributed by atoms with E-state index in [0.717, 1.165) is 5.56 Å². The van der Waals surface area contributed by atoms with Crippen LogP contribution in [-0.4, -0.2) is 31.1 Å². The molecule has 1 heterocycles. The molecule has 0 N–H and O–H groups in total. The van der Waals surface area contributed by atoms with Crippen molar-refractivity contribution in [1.82, 2.24) is 4.98 Å². The normalized spacial score (nSPS) is 11.0.